The van der Waals surface area contributed by atoms with Gasteiger partial charge < -0.3 is 44.0 Å². The van der Waals surface area contributed by atoms with E-state index in [-0.39, 0.29) is 48.6 Å². The number of rotatable bonds is 19. The van der Waals surface area contributed by atoms with Gasteiger partial charge in [0.05, 0.1) is 75.5 Å². The number of aromatic amines is 1. The van der Waals surface area contributed by atoms with Gasteiger partial charge in [0.25, 0.3) is 11.2 Å². The van der Waals surface area contributed by atoms with E-state index in [0.717, 1.165) is 4.57 Å². The highest BCUT2D eigenvalue weighted by Crippen LogP contribution is 2.30. The van der Waals surface area contributed by atoms with Gasteiger partial charge in [-0.1, -0.05) is 6.07 Å². The largest absolute Gasteiger partial charge is 0.508 e. The maximum Gasteiger partial charge on any atom is 0.508 e. The van der Waals surface area contributed by atoms with Crippen LogP contribution in [0.15, 0.2) is 34.0 Å². The number of nitro groups is 1. The summed E-state index contributed by atoms with van der Waals surface area (Å²) in [5.74, 6) is 0. The number of nitrogens with zero attached hydrogens (tertiary/aromatic N) is 2. The lowest BCUT2D eigenvalue weighted by molar-refractivity contribution is -0.386. The molecule has 17 heteroatoms. The van der Waals surface area contributed by atoms with Gasteiger partial charge >= 0.3 is 11.8 Å². The molecule has 1 aliphatic heterocycles. The highest BCUT2D eigenvalue weighted by molar-refractivity contribution is 5.60. The van der Waals surface area contributed by atoms with Crippen LogP contribution in [0.1, 0.15) is 29.3 Å². The second kappa shape index (κ2) is 18.2. The minimum absolute atomic E-state index is 0.0143. The normalized spacial score (nSPS) is 17.9. The molecule has 0 aliphatic carbocycles. The van der Waals surface area contributed by atoms with Gasteiger partial charge in [0.15, 0.2) is 0 Å². The van der Waals surface area contributed by atoms with Crippen LogP contribution in [0.5, 0.6) is 0 Å². The Bertz CT molecular complexity index is 1330. The minimum atomic E-state index is -1.15. The summed E-state index contributed by atoms with van der Waals surface area (Å²) in [5, 5.41) is 21.5. The van der Waals surface area contributed by atoms with E-state index in [9.17, 15) is 29.6 Å². The molecular weight excluding hydrogens is 588 g/mol. The molecule has 3 rings (SSSR count). The molecule has 0 amide bonds. The van der Waals surface area contributed by atoms with Crippen LogP contribution in [-0.4, -0.2) is 97.3 Å². The summed E-state index contributed by atoms with van der Waals surface area (Å²) < 4.78 is 38.7. The van der Waals surface area contributed by atoms with E-state index in [1.165, 1.54) is 25.3 Å². The van der Waals surface area contributed by atoms with E-state index in [4.69, 9.17) is 38.9 Å². The van der Waals surface area contributed by atoms with Crippen molar-refractivity contribution >= 4 is 11.8 Å². The summed E-state index contributed by atoms with van der Waals surface area (Å²) in [6.07, 6.45) is -2.74. The predicted molar refractivity (Wildman–Crippen MR) is 151 cm³/mol. The van der Waals surface area contributed by atoms with Crippen molar-refractivity contribution in [1.29, 1.82) is 0 Å². The Labute approximate surface area is 251 Å². The van der Waals surface area contributed by atoms with E-state index in [2.05, 4.69) is 4.98 Å². The van der Waals surface area contributed by atoms with Gasteiger partial charge in [-0.05, 0) is 19.1 Å². The molecular formula is C27H38N4O13. The van der Waals surface area contributed by atoms with E-state index >= 15 is 0 Å². The molecule has 3 atom stereocenters. The molecule has 44 heavy (non-hydrogen) atoms. The van der Waals surface area contributed by atoms with Crippen LogP contribution in [-0.2, 0) is 46.4 Å². The molecule has 1 aromatic heterocycles. The first-order valence-electron chi connectivity index (χ1n) is 13.9. The standard InChI is InChI=1S/C27H38N4O13/c1-18-14-30(26(34)29-25(18)33)23-13-21(22(15-32)43-23)44-27(35)42-17-20-4-2-3-19(24(20)31(36)37)16-41-12-11-40-10-9-39-8-7-38-6-5-28/h2-4,14,21-23,32H,5-13,15-17,28H2,1H3,(H,29,33,34)/t21-,22?,23-/m1/s1. The van der Waals surface area contributed by atoms with Crippen molar-refractivity contribution in [2.24, 2.45) is 5.73 Å². The van der Waals surface area contributed by atoms with Gasteiger partial charge in [0.1, 0.15) is 25.0 Å². The maximum absolute atomic E-state index is 12.5. The Kier molecular flexibility index (Phi) is 14.4. The topological polar surface area (TPSA) is 226 Å². The second-order valence-electron chi connectivity index (χ2n) is 9.58. The van der Waals surface area contributed by atoms with E-state index in [0.29, 0.717) is 39.6 Å². The third-order valence-electron chi connectivity index (χ3n) is 6.43. The fourth-order valence-corrected chi connectivity index (χ4v) is 4.29. The number of aryl methyl sites for hydroxylation is 1. The summed E-state index contributed by atoms with van der Waals surface area (Å²) in [4.78, 5) is 49.8. The first-order valence-corrected chi connectivity index (χ1v) is 13.9. The van der Waals surface area contributed by atoms with E-state index in [1.54, 1.807) is 6.07 Å². The van der Waals surface area contributed by atoms with Gasteiger partial charge in [-0.2, -0.15) is 0 Å². The number of carbonyl (C=O) groups excluding carboxylic acids is 1. The van der Waals surface area contributed by atoms with Crippen molar-refractivity contribution in [2.45, 2.75) is 45.0 Å². The number of hydrogen-bond acceptors (Lipinski definition) is 14. The minimum Gasteiger partial charge on any atom is -0.429 e. The molecule has 0 bridgehead atoms. The van der Waals surface area contributed by atoms with Gasteiger partial charge in [0.2, 0.25) is 0 Å². The predicted octanol–water partition coefficient (Wildman–Crippen LogP) is 0.280. The van der Waals surface area contributed by atoms with Crippen molar-refractivity contribution in [3.8, 4) is 0 Å². The number of para-hydroxylation sites is 1. The third kappa shape index (κ3) is 10.5. The smallest absolute Gasteiger partial charge is 0.429 e. The zero-order valence-electron chi connectivity index (χ0n) is 24.3. The highest BCUT2D eigenvalue weighted by atomic mass is 16.7. The van der Waals surface area contributed by atoms with Crippen LogP contribution in [0, 0.1) is 17.0 Å². The Balaban J connectivity index is 1.46. The number of H-pyrrole nitrogens is 1. The van der Waals surface area contributed by atoms with Crippen molar-refractivity contribution in [3.63, 3.8) is 0 Å². The quantitative estimate of drug-likeness (QED) is 0.0824. The summed E-state index contributed by atoms with van der Waals surface area (Å²) in [6, 6.07) is 4.54. The summed E-state index contributed by atoms with van der Waals surface area (Å²) in [5.41, 5.74) is 4.45. The maximum atomic E-state index is 12.5. The molecule has 244 valence electrons. The summed E-state index contributed by atoms with van der Waals surface area (Å²) >= 11 is 0. The molecule has 4 N–H and O–H groups in total. The fraction of sp³-hybridized carbons (Fsp3) is 0.593. The molecule has 0 radical (unpaired) electrons. The zero-order valence-corrected chi connectivity index (χ0v) is 24.3. The number of aliphatic hydroxyl groups is 1. The van der Waals surface area contributed by atoms with Crippen LogP contribution in [0.25, 0.3) is 0 Å². The summed E-state index contributed by atoms with van der Waals surface area (Å²) in [6.45, 7) is 3.43. The fourth-order valence-electron chi connectivity index (χ4n) is 4.29. The van der Waals surface area contributed by atoms with Gasteiger partial charge in [0, 0.05) is 24.7 Å². The Hall–Kier alpha value is -3.71. The third-order valence-corrected chi connectivity index (χ3v) is 6.43. The number of hydrogen-bond donors (Lipinski definition) is 3. The number of nitrogens with two attached hydrogens (primary N) is 1. The number of aromatic nitrogens is 2. The Morgan fingerprint density at radius 1 is 1.07 bits per heavy atom. The molecule has 0 spiro atoms. The van der Waals surface area contributed by atoms with Crippen molar-refractivity contribution in [3.05, 3.63) is 72.0 Å². The average molecular weight is 627 g/mol. The molecule has 1 fully saturated rings. The number of aliphatic hydroxyl groups excluding tert-OH is 1. The lowest BCUT2D eigenvalue weighted by Crippen LogP contribution is -2.33. The zero-order chi connectivity index (χ0) is 31.9. The molecule has 17 nitrogen and oxygen atoms in total. The number of nitrogens with one attached hydrogen (secondary N) is 1. The van der Waals surface area contributed by atoms with E-state index in [1.807, 2.05) is 0 Å². The molecule has 1 aliphatic rings. The van der Waals surface area contributed by atoms with Gasteiger partial charge in [-0.25, -0.2) is 9.59 Å². The monoisotopic (exact) mass is 626 g/mol. The second-order valence-corrected chi connectivity index (χ2v) is 9.58. The summed E-state index contributed by atoms with van der Waals surface area (Å²) in [7, 11) is 0. The molecule has 1 unspecified atom stereocenters. The van der Waals surface area contributed by atoms with Crippen LogP contribution >= 0.6 is 0 Å². The van der Waals surface area contributed by atoms with Gasteiger partial charge in [-0.3, -0.25) is 24.5 Å². The SMILES string of the molecule is Cc1cn([C@H]2C[C@@H](OC(=O)OCc3cccc(COCCOCCOCCOCCN)c3[N+](=O)[O-])C(CO)O2)c(=O)[nH]c1=O. The van der Waals surface area contributed by atoms with Crippen molar-refractivity contribution in [2.75, 3.05) is 59.4 Å². The van der Waals surface area contributed by atoms with E-state index < -0.39 is 54.0 Å². The first-order chi connectivity index (χ1) is 21.2. The number of nitro benzene ring substituents is 1. The van der Waals surface area contributed by atoms with Gasteiger partial charge in [-0.15, -0.1) is 0 Å². The Morgan fingerprint density at radius 3 is 2.30 bits per heavy atom. The van der Waals surface area contributed by atoms with Crippen molar-refractivity contribution < 1.29 is 48.0 Å². The van der Waals surface area contributed by atoms with Crippen LogP contribution in [0.4, 0.5) is 10.5 Å². The number of benzene rings is 1. The lowest BCUT2D eigenvalue weighted by Gasteiger charge is -2.16. The average Bonchev–Trinajstić information content (AvgIpc) is 3.40. The first kappa shape index (κ1) is 34.8. The van der Waals surface area contributed by atoms with Crippen molar-refractivity contribution in [1.82, 2.24) is 9.55 Å². The molecule has 2 aromatic rings. The van der Waals surface area contributed by atoms with Crippen LogP contribution in [0.2, 0.25) is 0 Å². The lowest BCUT2D eigenvalue weighted by atomic mass is 10.1. The molecule has 1 saturated heterocycles. The highest BCUT2D eigenvalue weighted by Gasteiger charge is 2.39. The molecule has 2 heterocycles. The molecule has 0 saturated carbocycles. The number of carbonyl (C=O) groups is 1. The Morgan fingerprint density at radius 2 is 1.68 bits per heavy atom. The van der Waals surface area contributed by atoms with Crippen LogP contribution in [0.3, 0.4) is 0 Å². The molecule has 1 aromatic carbocycles. The number of ether oxygens (including phenoxy) is 7. The van der Waals surface area contributed by atoms with Crippen LogP contribution < -0.4 is 17.0 Å².